The first-order valence-electron chi connectivity index (χ1n) is 14.2. The summed E-state index contributed by atoms with van der Waals surface area (Å²) < 4.78 is 10.9. The van der Waals surface area contributed by atoms with Crippen LogP contribution in [0.5, 0.6) is 11.5 Å². The summed E-state index contributed by atoms with van der Waals surface area (Å²) in [5.41, 5.74) is 0.520. The Labute approximate surface area is 229 Å². The number of imide groups is 1. The Morgan fingerprint density at radius 2 is 1.74 bits per heavy atom. The van der Waals surface area contributed by atoms with Gasteiger partial charge in [0.1, 0.15) is 17.0 Å². The van der Waals surface area contributed by atoms with Crippen LogP contribution >= 0.6 is 0 Å². The first kappa shape index (κ1) is 24.9. The number of likely N-dealkylation sites (tertiary alicyclic amines) is 1. The Morgan fingerprint density at radius 1 is 1.00 bits per heavy atom. The van der Waals surface area contributed by atoms with E-state index in [-0.39, 0.29) is 24.5 Å². The van der Waals surface area contributed by atoms with Gasteiger partial charge in [0, 0.05) is 18.0 Å². The molecule has 3 aliphatic carbocycles. The minimum Gasteiger partial charge on any atom is -0.497 e. The van der Waals surface area contributed by atoms with E-state index in [1.165, 1.54) is 23.3 Å². The SMILES string of the molecule is COc1ccc(CN2C(=O)N[C@]3(CC[C@@]4(O)[C@H]5Cc6ccc(OC)cc6[C@@]4(CCN5CC4CC4)C3)C2=O)cc1. The lowest BCUT2D eigenvalue weighted by Gasteiger charge is -2.65. The maximum atomic E-state index is 14.1. The van der Waals surface area contributed by atoms with E-state index in [1.54, 1.807) is 14.2 Å². The predicted molar refractivity (Wildman–Crippen MR) is 145 cm³/mol. The quantitative estimate of drug-likeness (QED) is 0.556. The number of urea groups is 1. The topological polar surface area (TPSA) is 91.3 Å². The molecule has 206 valence electrons. The zero-order valence-corrected chi connectivity index (χ0v) is 22.7. The van der Waals surface area contributed by atoms with E-state index in [4.69, 9.17) is 9.47 Å². The Hall–Kier alpha value is -3.10. The third kappa shape index (κ3) is 3.64. The second-order valence-electron chi connectivity index (χ2n) is 12.4. The number of ether oxygens (including phenoxy) is 2. The van der Waals surface area contributed by atoms with E-state index in [0.717, 1.165) is 54.5 Å². The lowest BCUT2D eigenvalue weighted by atomic mass is 9.46. The maximum absolute atomic E-state index is 14.1. The van der Waals surface area contributed by atoms with Crippen LogP contribution in [-0.2, 0) is 23.2 Å². The maximum Gasteiger partial charge on any atom is 0.325 e. The van der Waals surface area contributed by atoms with E-state index in [2.05, 4.69) is 22.3 Å². The molecule has 4 atom stereocenters. The van der Waals surface area contributed by atoms with E-state index in [1.807, 2.05) is 30.3 Å². The van der Waals surface area contributed by atoms with Gasteiger partial charge in [0.2, 0.25) is 0 Å². The van der Waals surface area contributed by atoms with Crippen molar-refractivity contribution in [3.05, 3.63) is 59.2 Å². The molecule has 0 unspecified atom stereocenters. The van der Waals surface area contributed by atoms with Crippen LogP contribution in [0.3, 0.4) is 0 Å². The monoisotopic (exact) mass is 531 g/mol. The smallest absolute Gasteiger partial charge is 0.325 e. The van der Waals surface area contributed by atoms with E-state index in [9.17, 15) is 14.7 Å². The van der Waals surface area contributed by atoms with Crippen LogP contribution in [0.25, 0.3) is 0 Å². The van der Waals surface area contributed by atoms with Crippen molar-refractivity contribution in [1.29, 1.82) is 0 Å². The Morgan fingerprint density at radius 3 is 2.46 bits per heavy atom. The number of piperidine rings is 1. The zero-order chi connectivity index (χ0) is 27.0. The van der Waals surface area contributed by atoms with Crippen molar-refractivity contribution in [2.24, 2.45) is 5.92 Å². The number of methoxy groups -OCH3 is 2. The van der Waals surface area contributed by atoms with E-state index < -0.39 is 16.6 Å². The summed E-state index contributed by atoms with van der Waals surface area (Å²) in [6.45, 7) is 2.12. The number of carbonyl (C=O) groups excluding carboxylic acids is 2. The molecular formula is C31H37N3O5. The number of nitrogens with one attached hydrogen (secondary N) is 1. The lowest BCUT2D eigenvalue weighted by Crippen LogP contribution is -2.76. The highest BCUT2D eigenvalue weighted by atomic mass is 16.5. The third-order valence-corrected chi connectivity index (χ3v) is 10.4. The van der Waals surface area contributed by atoms with Gasteiger partial charge in [-0.25, -0.2) is 4.79 Å². The summed E-state index contributed by atoms with van der Waals surface area (Å²) in [5.74, 6) is 2.03. The molecule has 2 aromatic carbocycles. The number of hydrogen-bond acceptors (Lipinski definition) is 6. The second kappa shape index (κ2) is 8.70. The highest BCUT2D eigenvalue weighted by molar-refractivity contribution is 6.07. The lowest BCUT2D eigenvalue weighted by molar-refractivity contribution is -0.181. The van der Waals surface area contributed by atoms with Gasteiger partial charge in [-0.05, 0) is 98.4 Å². The van der Waals surface area contributed by atoms with Crippen LogP contribution in [-0.4, -0.2) is 71.3 Å². The molecule has 0 aromatic heterocycles. The fourth-order valence-corrected chi connectivity index (χ4v) is 8.13. The average Bonchev–Trinajstić information content (AvgIpc) is 3.74. The molecule has 2 aromatic rings. The van der Waals surface area contributed by atoms with Gasteiger partial charge < -0.3 is 19.9 Å². The van der Waals surface area contributed by atoms with Crippen LogP contribution in [0.1, 0.15) is 55.2 Å². The Balaban J connectivity index is 1.25. The van der Waals surface area contributed by atoms with Crippen LogP contribution in [0, 0.1) is 5.92 Å². The van der Waals surface area contributed by atoms with Gasteiger partial charge in [-0.15, -0.1) is 0 Å². The van der Waals surface area contributed by atoms with Crippen molar-refractivity contribution in [1.82, 2.24) is 15.1 Å². The van der Waals surface area contributed by atoms with Crippen molar-refractivity contribution < 1.29 is 24.2 Å². The zero-order valence-electron chi connectivity index (χ0n) is 22.7. The van der Waals surface area contributed by atoms with Crippen molar-refractivity contribution in [3.8, 4) is 11.5 Å². The van der Waals surface area contributed by atoms with E-state index >= 15 is 0 Å². The molecule has 2 aliphatic heterocycles. The molecule has 3 amide bonds. The predicted octanol–water partition coefficient (Wildman–Crippen LogP) is 3.39. The van der Waals surface area contributed by atoms with Crippen LogP contribution in [0.4, 0.5) is 4.79 Å². The first-order chi connectivity index (χ1) is 18.8. The molecule has 0 radical (unpaired) electrons. The molecule has 39 heavy (non-hydrogen) atoms. The molecule has 7 rings (SSSR count). The van der Waals surface area contributed by atoms with Crippen LogP contribution in [0.2, 0.25) is 0 Å². The highest BCUT2D eigenvalue weighted by Gasteiger charge is 2.70. The molecule has 2 bridgehead atoms. The minimum absolute atomic E-state index is 0.00713. The largest absolute Gasteiger partial charge is 0.497 e. The fourth-order valence-electron chi connectivity index (χ4n) is 8.13. The van der Waals surface area contributed by atoms with E-state index in [0.29, 0.717) is 19.3 Å². The van der Waals surface area contributed by atoms with Crippen LogP contribution in [0.15, 0.2) is 42.5 Å². The Kier molecular flexibility index (Phi) is 5.56. The molecular weight excluding hydrogens is 494 g/mol. The number of hydrogen-bond donors (Lipinski definition) is 2. The molecule has 1 spiro atoms. The van der Waals surface area contributed by atoms with Gasteiger partial charge in [-0.2, -0.15) is 0 Å². The molecule has 5 aliphatic rings. The fraction of sp³-hybridized carbons (Fsp3) is 0.548. The third-order valence-electron chi connectivity index (χ3n) is 10.4. The molecule has 2 saturated heterocycles. The molecule has 2 heterocycles. The highest BCUT2D eigenvalue weighted by Crippen LogP contribution is 2.61. The van der Waals surface area contributed by atoms with Gasteiger partial charge in [0.25, 0.3) is 5.91 Å². The normalized spacial score (nSPS) is 33.5. The van der Waals surface area contributed by atoms with Gasteiger partial charge in [-0.3, -0.25) is 14.6 Å². The van der Waals surface area contributed by atoms with Gasteiger partial charge in [-0.1, -0.05) is 18.2 Å². The number of nitrogens with zero attached hydrogens (tertiary/aromatic N) is 2. The first-order valence-corrected chi connectivity index (χ1v) is 14.2. The molecule has 2 N–H and O–H groups in total. The number of carbonyl (C=O) groups is 2. The minimum atomic E-state index is -1.03. The Bertz CT molecular complexity index is 1330. The number of aliphatic hydroxyl groups is 1. The average molecular weight is 532 g/mol. The molecule has 4 fully saturated rings. The van der Waals surface area contributed by atoms with Crippen molar-refractivity contribution in [3.63, 3.8) is 0 Å². The number of fused-ring (bicyclic) bond motifs is 1. The summed E-state index contributed by atoms with van der Waals surface area (Å²) >= 11 is 0. The second-order valence-corrected chi connectivity index (χ2v) is 12.4. The summed E-state index contributed by atoms with van der Waals surface area (Å²) in [6, 6.07) is 13.3. The number of amides is 3. The van der Waals surface area contributed by atoms with Crippen molar-refractivity contribution in [2.75, 3.05) is 27.3 Å². The summed E-state index contributed by atoms with van der Waals surface area (Å²) in [5, 5.41) is 15.8. The van der Waals surface area contributed by atoms with Gasteiger partial charge in [0.15, 0.2) is 0 Å². The molecule has 2 saturated carbocycles. The standard InChI is InChI=1S/C31H37N3O5/c1-38-23-8-5-21(6-9-23)18-34-27(35)30(32-28(34)36)11-12-31(37)26-15-22-7-10-24(39-2)16-25(22)29(31,19-30)13-14-33(26)17-20-3-4-20/h5-10,16,20,26,37H,3-4,11-15,17-19H2,1-2H3,(H,32,36)/t26-,29-,30+,31-/m1/s1. The van der Waals surface area contributed by atoms with Crippen LogP contribution < -0.4 is 14.8 Å². The summed E-state index contributed by atoms with van der Waals surface area (Å²) in [4.78, 5) is 31.3. The summed E-state index contributed by atoms with van der Waals surface area (Å²) in [6.07, 6.45) is 5.38. The van der Waals surface area contributed by atoms with Gasteiger partial charge in [0.05, 0.1) is 26.4 Å². The summed E-state index contributed by atoms with van der Waals surface area (Å²) in [7, 11) is 3.27. The van der Waals surface area contributed by atoms with Gasteiger partial charge >= 0.3 is 6.03 Å². The number of rotatable bonds is 6. The molecule has 8 nitrogen and oxygen atoms in total. The van der Waals surface area contributed by atoms with Crippen molar-refractivity contribution >= 4 is 11.9 Å². The molecule has 8 heteroatoms. The van der Waals surface area contributed by atoms with Crippen molar-refractivity contribution in [2.45, 2.75) is 74.1 Å². The number of benzene rings is 2.